The fourth-order valence-electron chi connectivity index (χ4n) is 5.45. The highest BCUT2D eigenvalue weighted by atomic mass is 19.1. The first kappa shape index (κ1) is 23.9. The predicted octanol–water partition coefficient (Wildman–Crippen LogP) is 4.03. The van der Waals surface area contributed by atoms with E-state index in [1.807, 2.05) is 17.0 Å². The Labute approximate surface area is 228 Å². The molecule has 12 heteroatoms. The molecule has 8 rings (SSSR count). The zero-order valence-corrected chi connectivity index (χ0v) is 21.5. The van der Waals surface area contributed by atoms with Gasteiger partial charge in [-0.2, -0.15) is 5.10 Å². The molecular formula is C28H24FN9O2. The Morgan fingerprint density at radius 2 is 1.98 bits per heavy atom. The maximum Gasteiger partial charge on any atom is 0.246 e. The zero-order valence-electron chi connectivity index (χ0n) is 21.5. The summed E-state index contributed by atoms with van der Waals surface area (Å²) in [6.07, 6.45) is 6.96. The third-order valence-electron chi connectivity index (χ3n) is 7.48. The van der Waals surface area contributed by atoms with Crippen molar-refractivity contribution in [3.05, 3.63) is 79.3 Å². The minimum absolute atomic E-state index is 0.0502. The predicted molar refractivity (Wildman–Crippen MR) is 146 cm³/mol. The lowest BCUT2D eigenvalue weighted by molar-refractivity contribution is -0.129. The summed E-state index contributed by atoms with van der Waals surface area (Å²) in [6, 6.07) is 11.0. The van der Waals surface area contributed by atoms with Crippen molar-refractivity contribution in [1.82, 2.24) is 34.4 Å². The van der Waals surface area contributed by atoms with Gasteiger partial charge in [0, 0.05) is 30.9 Å². The lowest BCUT2D eigenvalue weighted by atomic mass is 9.87. The number of ether oxygens (including phenoxy) is 1. The molecule has 1 aromatic carbocycles. The SMILES string of the molecule is C=CC(=O)N1CC2CC(C1)N2c1ccc2ncnc(Nc3ccc(Oc4ccn5ncnc5c4)c(C)c3F)c2n1. The van der Waals surface area contributed by atoms with E-state index in [9.17, 15) is 4.79 Å². The molecule has 4 aromatic heterocycles. The van der Waals surface area contributed by atoms with Gasteiger partial charge >= 0.3 is 0 Å². The molecule has 0 radical (unpaired) electrons. The Kier molecular flexibility index (Phi) is 5.54. The first-order valence-corrected chi connectivity index (χ1v) is 12.8. The van der Waals surface area contributed by atoms with Crippen LogP contribution in [0.3, 0.4) is 0 Å². The number of piperazine rings is 1. The van der Waals surface area contributed by atoms with Gasteiger partial charge in [0.15, 0.2) is 17.3 Å². The Bertz CT molecular complexity index is 1790. The zero-order chi connectivity index (χ0) is 27.4. The van der Waals surface area contributed by atoms with Gasteiger partial charge in [-0.15, -0.1) is 0 Å². The number of piperidine rings is 1. The number of amides is 1. The number of nitrogens with one attached hydrogen (secondary N) is 1. The maximum atomic E-state index is 15.5. The molecule has 2 atom stereocenters. The van der Waals surface area contributed by atoms with Gasteiger partial charge in [0.1, 0.15) is 35.5 Å². The number of anilines is 3. The number of aromatic nitrogens is 6. The number of pyridine rings is 2. The van der Waals surface area contributed by atoms with Crippen molar-refractivity contribution in [2.45, 2.75) is 25.4 Å². The summed E-state index contributed by atoms with van der Waals surface area (Å²) in [6.45, 7) is 6.51. The van der Waals surface area contributed by atoms with Crippen molar-refractivity contribution in [2.24, 2.45) is 0 Å². The van der Waals surface area contributed by atoms with Crippen LogP contribution in [0, 0.1) is 12.7 Å². The summed E-state index contributed by atoms with van der Waals surface area (Å²) in [7, 11) is 0. The first-order chi connectivity index (χ1) is 19.5. The summed E-state index contributed by atoms with van der Waals surface area (Å²) < 4.78 is 23.1. The topological polar surface area (TPSA) is 114 Å². The van der Waals surface area contributed by atoms with Crippen LogP contribution in [0.5, 0.6) is 11.5 Å². The van der Waals surface area contributed by atoms with E-state index < -0.39 is 5.82 Å². The molecule has 11 nitrogen and oxygen atoms in total. The molecule has 0 saturated carbocycles. The Hall–Kier alpha value is -5.13. The molecule has 40 heavy (non-hydrogen) atoms. The number of hydrogen-bond acceptors (Lipinski definition) is 9. The molecule has 0 aliphatic carbocycles. The Morgan fingerprint density at radius 1 is 1.12 bits per heavy atom. The first-order valence-electron chi connectivity index (χ1n) is 12.8. The smallest absolute Gasteiger partial charge is 0.246 e. The number of rotatable bonds is 6. The van der Waals surface area contributed by atoms with Gasteiger partial charge in [0.05, 0.1) is 23.3 Å². The molecule has 3 saturated heterocycles. The highest BCUT2D eigenvalue weighted by molar-refractivity contribution is 5.89. The van der Waals surface area contributed by atoms with Crippen molar-refractivity contribution in [2.75, 3.05) is 23.3 Å². The van der Waals surface area contributed by atoms with Gasteiger partial charge in [-0.1, -0.05) is 6.58 Å². The van der Waals surface area contributed by atoms with E-state index in [0.29, 0.717) is 52.7 Å². The standard InChI is InChI=1S/C28H24FN9O2/c1-3-25(39)36-12-17-10-18(13-36)38(17)23-7-5-21-27(35-23)28(32-14-30-21)34-20-4-6-22(16(2)26(20)29)40-19-8-9-37-24(11-19)31-15-33-37/h3-9,11,14-15,17-18H,1,10,12-13H2,2H3,(H,30,32,34). The van der Waals surface area contributed by atoms with Crippen molar-refractivity contribution in [1.29, 1.82) is 0 Å². The van der Waals surface area contributed by atoms with Crippen molar-refractivity contribution in [3.63, 3.8) is 0 Å². The molecular weight excluding hydrogens is 513 g/mol. The van der Waals surface area contributed by atoms with Crippen LogP contribution in [-0.2, 0) is 4.79 Å². The minimum Gasteiger partial charge on any atom is -0.457 e. The molecule has 2 unspecified atom stereocenters. The summed E-state index contributed by atoms with van der Waals surface area (Å²) in [5.41, 5.74) is 2.37. The third kappa shape index (κ3) is 3.96. The van der Waals surface area contributed by atoms with Crippen molar-refractivity contribution < 1.29 is 13.9 Å². The second kappa shape index (κ2) is 9.26. The lowest BCUT2D eigenvalue weighted by Gasteiger charge is -2.56. The van der Waals surface area contributed by atoms with Gasteiger partial charge in [-0.05, 0) is 49.8 Å². The van der Waals surface area contributed by atoms with Crippen LogP contribution < -0.4 is 15.0 Å². The normalized spacial score (nSPS) is 18.1. The quantitative estimate of drug-likeness (QED) is 0.321. The number of carbonyl (C=O) groups is 1. The molecule has 5 aromatic rings. The highest BCUT2D eigenvalue weighted by Gasteiger charge is 2.46. The summed E-state index contributed by atoms with van der Waals surface area (Å²) >= 11 is 0. The van der Waals surface area contributed by atoms with E-state index >= 15 is 4.39 Å². The summed E-state index contributed by atoms with van der Waals surface area (Å²) in [4.78, 5) is 33.9. The largest absolute Gasteiger partial charge is 0.457 e. The number of benzene rings is 1. The molecule has 2 bridgehead atoms. The van der Waals surface area contributed by atoms with Crippen LogP contribution in [0.25, 0.3) is 16.7 Å². The minimum atomic E-state index is -0.465. The second-order valence-electron chi connectivity index (χ2n) is 9.86. The Morgan fingerprint density at radius 3 is 2.80 bits per heavy atom. The van der Waals surface area contributed by atoms with Crippen molar-refractivity contribution >= 4 is 39.9 Å². The number of hydrogen-bond donors (Lipinski definition) is 1. The van der Waals surface area contributed by atoms with Gasteiger partial charge < -0.3 is 19.9 Å². The van der Waals surface area contributed by atoms with E-state index in [1.54, 1.807) is 41.9 Å². The Balaban J connectivity index is 1.15. The van der Waals surface area contributed by atoms with Crippen LogP contribution in [0.15, 0.2) is 67.9 Å². The summed E-state index contributed by atoms with van der Waals surface area (Å²) in [5, 5.41) is 7.17. The van der Waals surface area contributed by atoms with Crippen molar-refractivity contribution in [3.8, 4) is 11.5 Å². The van der Waals surface area contributed by atoms with Crippen LogP contribution in [0.1, 0.15) is 12.0 Å². The van der Waals surface area contributed by atoms with Gasteiger partial charge in [-0.3, -0.25) is 4.79 Å². The van der Waals surface area contributed by atoms with E-state index in [0.717, 1.165) is 12.2 Å². The number of halogens is 1. The van der Waals surface area contributed by atoms with Gasteiger partial charge in [0.2, 0.25) is 5.91 Å². The number of carbonyl (C=O) groups excluding carboxylic acids is 1. The second-order valence-corrected chi connectivity index (χ2v) is 9.86. The molecule has 1 amide bonds. The summed E-state index contributed by atoms with van der Waals surface area (Å²) in [5.74, 6) is 1.56. The fraction of sp³-hybridized carbons (Fsp3) is 0.214. The van der Waals surface area contributed by atoms with Crippen LogP contribution in [0.4, 0.5) is 21.7 Å². The molecule has 3 aliphatic heterocycles. The van der Waals surface area contributed by atoms with E-state index in [-0.39, 0.29) is 23.7 Å². The molecule has 200 valence electrons. The van der Waals surface area contributed by atoms with E-state index in [1.165, 1.54) is 18.7 Å². The molecule has 7 heterocycles. The number of nitrogens with zero attached hydrogens (tertiary/aromatic N) is 8. The molecule has 0 spiro atoms. The van der Waals surface area contributed by atoms with Crippen LogP contribution in [-0.4, -0.2) is 65.5 Å². The third-order valence-corrected chi connectivity index (χ3v) is 7.48. The molecule has 3 aliphatic rings. The van der Waals surface area contributed by atoms with Crippen LogP contribution in [0.2, 0.25) is 0 Å². The van der Waals surface area contributed by atoms with Crippen LogP contribution >= 0.6 is 0 Å². The maximum absolute atomic E-state index is 15.5. The van der Waals surface area contributed by atoms with E-state index in [4.69, 9.17) is 9.72 Å². The lowest BCUT2D eigenvalue weighted by Crippen LogP contribution is -2.69. The molecule has 1 N–H and O–H groups in total. The molecule has 3 fully saturated rings. The average Bonchev–Trinajstić information content (AvgIpc) is 3.45. The number of fused-ring (bicyclic) bond motifs is 4. The van der Waals surface area contributed by atoms with E-state index in [2.05, 4.69) is 36.8 Å². The highest BCUT2D eigenvalue weighted by Crippen LogP contribution is 2.38. The van der Waals surface area contributed by atoms with Gasteiger partial charge in [0.25, 0.3) is 0 Å². The average molecular weight is 538 g/mol. The van der Waals surface area contributed by atoms with Gasteiger partial charge in [-0.25, -0.2) is 28.8 Å². The fourth-order valence-corrected chi connectivity index (χ4v) is 5.45. The monoisotopic (exact) mass is 537 g/mol.